The van der Waals surface area contributed by atoms with Gasteiger partial charge in [0, 0.05) is 21.7 Å². The lowest BCUT2D eigenvalue weighted by atomic mass is 9.48. The minimum atomic E-state index is -0.0745. The van der Waals surface area contributed by atoms with E-state index in [4.69, 9.17) is 11.6 Å². The van der Waals surface area contributed by atoms with E-state index in [2.05, 4.69) is 39.9 Å². The van der Waals surface area contributed by atoms with Crippen molar-refractivity contribution in [2.24, 2.45) is 23.2 Å². The van der Waals surface area contributed by atoms with Crippen LogP contribution in [-0.2, 0) is 4.79 Å². The SMILES string of the molecule is Cc1cccc(-n2c(SCC(=O)C34CC5CC(CC(C5)C3)C4)nnc2-c2ccc(Cl)cc2)c1. The van der Waals surface area contributed by atoms with E-state index in [9.17, 15) is 4.79 Å². The minimum absolute atomic E-state index is 0.0745. The fourth-order valence-electron chi connectivity index (χ4n) is 6.88. The summed E-state index contributed by atoms with van der Waals surface area (Å²) in [5.41, 5.74) is 3.06. The lowest BCUT2D eigenvalue weighted by Gasteiger charge is -2.56. The van der Waals surface area contributed by atoms with Crippen LogP contribution >= 0.6 is 23.4 Å². The number of benzene rings is 2. The smallest absolute Gasteiger partial charge is 0.196 e. The van der Waals surface area contributed by atoms with Gasteiger partial charge >= 0.3 is 0 Å². The molecule has 170 valence electrons. The van der Waals surface area contributed by atoms with Gasteiger partial charge < -0.3 is 0 Å². The van der Waals surface area contributed by atoms with Gasteiger partial charge in [-0.25, -0.2) is 0 Å². The third-order valence-electron chi connectivity index (χ3n) is 7.96. The molecule has 33 heavy (non-hydrogen) atoms. The monoisotopic (exact) mass is 477 g/mol. The van der Waals surface area contributed by atoms with Gasteiger partial charge in [-0.2, -0.15) is 0 Å². The van der Waals surface area contributed by atoms with Gasteiger partial charge in [-0.15, -0.1) is 10.2 Å². The van der Waals surface area contributed by atoms with Crippen LogP contribution in [0.2, 0.25) is 5.02 Å². The maximum atomic E-state index is 13.6. The highest BCUT2D eigenvalue weighted by molar-refractivity contribution is 7.99. The third kappa shape index (κ3) is 3.93. The van der Waals surface area contributed by atoms with E-state index in [0.29, 0.717) is 16.6 Å². The van der Waals surface area contributed by atoms with Crippen LogP contribution in [0.1, 0.15) is 44.1 Å². The average Bonchev–Trinajstić information content (AvgIpc) is 3.21. The number of Topliss-reactive ketones (excluding diaryl/α,β-unsaturated/α-hetero) is 1. The van der Waals surface area contributed by atoms with Gasteiger partial charge in [0.1, 0.15) is 5.78 Å². The fourth-order valence-corrected chi connectivity index (χ4v) is 8.00. The molecule has 0 saturated heterocycles. The van der Waals surface area contributed by atoms with Crippen LogP contribution < -0.4 is 0 Å². The first-order valence-corrected chi connectivity index (χ1v) is 13.3. The Morgan fingerprint density at radius 2 is 1.70 bits per heavy atom. The number of ketones is 1. The Balaban J connectivity index is 1.30. The van der Waals surface area contributed by atoms with E-state index in [0.717, 1.165) is 59.2 Å². The molecule has 0 amide bonds. The Bertz CT molecular complexity index is 1170. The molecule has 0 aliphatic heterocycles. The number of hydrogen-bond donors (Lipinski definition) is 0. The number of carbonyl (C=O) groups excluding carboxylic acids is 1. The maximum Gasteiger partial charge on any atom is 0.196 e. The van der Waals surface area contributed by atoms with Crippen molar-refractivity contribution in [1.29, 1.82) is 0 Å². The molecule has 0 atom stereocenters. The maximum absolute atomic E-state index is 13.6. The van der Waals surface area contributed by atoms with E-state index < -0.39 is 0 Å². The molecular formula is C27H28ClN3OS. The van der Waals surface area contributed by atoms with Crippen LogP contribution in [0.3, 0.4) is 0 Å². The Hall–Kier alpha value is -2.11. The first-order valence-electron chi connectivity index (χ1n) is 11.9. The third-order valence-corrected chi connectivity index (χ3v) is 9.14. The molecule has 0 spiro atoms. The summed E-state index contributed by atoms with van der Waals surface area (Å²) in [6.07, 6.45) is 7.39. The van der Waals surface area contributed by atoms with Crippen LogP contribution in [0.4, 0.5) is 0 Å². The fraction of sp³-hybridized carbons (Fsp3) is 0.444. The second kappa shape index (κ2) is 8.28. The summed E-state index contributed by atoms with van der Waals surface area (Å²) in [5, 5.41) is 10.5. The van der Waals surface area contributed by atoms with Crippen molar-refractivity contribution in [3.05, 3.63) is 59.1 Å². The average molecular weight is 478 g/mol. The number of hydrogen-bond acceptors (Lipinski definition) is 4. The van der Waals surface area contributed by atoms with Crippen molar-refractivity contribution in [2.75, 3.05) is 5.75 Å². The normalized spacial score (nSPS) is 27.8. The van der Waals surface area contributed by atoms with E-state index in [1.165, 1.54) is 36.6 Å². The zero-order valence-corrected chi connectivity index (χ0v) is 20.4. The van der Waals surface area contributed by atoms with Crippen molar-refractivity contribution in [3.8, 4) is 17.1 Å². The summed E-state index contributed by atoms with van der Waals surface area (Å²) in [5.74, 6) is 3.99. The molecule has 0 N–H and O–H groups in total. The number of nitrogens with zero attached hydrogens (tertiary/aromatic N) is 3. The topological polar surface area (TPSA) is 47.8 Å². The Morgan fingerprint density at radius 1 is 1.03 bits per heavy atom. The molecular weight excluding hydrogens is 450 g/mol. The Morgan fingerprint density at radius 3 is 2.33 bits per heavy atom. The Labute approximate surface area is 204 Å². The molecule has 4 nitrogen and oxygen atoms in total. The molecule has 4 aliphatic rings. The summed E-state index contributed by atoms with van der Waals surface area (Å²) in [6.45, 7) is 2.08. The van der Waals surface area contributed by atoms with Crippen LogP contribution in [0.15, 0.2) is 53.7 Å². The summed E-state index contributed by atoms with van der Waals surface area (Å²) in [6, 6.07) is 16.0. The van der Waals surface area contributed by atoms with Gasteiger partial charge in [0.2, 0.25) is 0 Å². The highest BCUT2D eigenvalue weighted by atomic mass is 35.5. The molecule has 4 fully saturated rings. The standard InChI is InChI=1S/C27H28ClN3OS/c1-17-3-2-4-23(9-17)31-25(21-5-7-22(28)8-6-21)29-30-26(31)33-16-24(32)27-13-18-10-19(14-27)12-20(11-18)15-27/h2-9,18-20H,10-16H2,1H3. The van der Waals surface area contributed by atoms with Gasteiger partial charge in [0.25, 0.3) is 0 Å². The summed E-state index contributed by atoms with van der Waals surface area (Å²) in [7, 11) is 0. The number of aryl methyl sites for hydroxylation is 1. The van der Waals surface area contributed by atoms with Crippen molar-refractivity contribution >= 4 is 29.1 Å². The van der Waals surface area contributed by atoms with E-state index in [1.54, 1.807) is 0 Å². The molecule has 0 radical (unpaired) electrons. The predicted molar refractivity (Wildman–Crippen MR) is 133 cm³/mol. The van der Waals surface area contributed by atoms with Gasteiger partial charge in [-0.05, 0) is 105 Å². The highest BCUT2D eigenvalue weighted by Gasteiger charge is 2.54. The number of carbonyl (C=O) groups is 1. The summed E-state index contributed by atoms with van der Waals surface area (Å²) in [4.78, 5) is 13.6. The highest BCUT2D eigenvalue weighted by Crippen LogP contribution is 2.60. The quantitative estimate of drug-likeness (QED) is 0.367. The second-order valence-corrected chi connectivity index (χ2v) is 11.8. The van der Waals surface area contributed by atoms with Gasteiger partial charge in [0.05, 0.1) is 5.75 Å². The largest absolute Gasteiger partial charge is 0.298 e. The van der Waals surface area contributed by atoms with Crippen molar-refractivity contribution < 1.29 is 4.79 Å². The van der Waals surface area contributed by atoms with Gasteiger partial charge in [0.15, 0.2) is 11.0 Å². The number of halogens is 1. The summed E-state index contributed by atoms with van der Waals surface area (Å²) >= 11 is 7.65. The molecule has 4 bridgehead atoms. The lowest BCUT2D eigenvalue weighted by molar-refractivity contribution is -0.141. The molecule has 0 unspecified atom stereocenters. The number of thioether (sulfide) groups is 1. The molecule has 3 aromatic rings. The van der Waals surface area contributed by atoms with Crippen LogP contribution in [0, 0.1) is 30.1 Å². The first kappa shape index (κ1) is 21.4. The zero-order valence-electron chi connectivity index (χ0n) is 18.8. The van der Waals surface area contributed by atoms with E-state index >= 15 is 0 Å². The van der Waals surface area contributed by atoms with Crippen LogP contribution in [0.5, 0.6) is 0 Å². The minimum Gasteiger partial charge on any atom is -0.298 e. The predicted octanol–water partition coefficient (Wildman–Crippen LogP) is 6.77. The first-order chi connectivity index (χ1) is 16.0. The van der Waals surface area contributed by atoms with Gasteiger partial charge in [-0.3, -0.25) is 9.36 Å². The molecule has 2 aromatic carbocycles. The van der Waals surface area contributed by atoms with Crippen molar-refractivity contribution in [1.82, 2.24) is 14.8 Å². The Kier molecular flexibility index (Phi) is 5.38. The molecule has 6 heteroatoms. The molecule has 4 aliphatic carbocycles. The zero-order chi connectivity index (χ0) is 22.6. The van der Waals surface area contributed by atoms with Crippen LogP contribution in [0.25, 0.3) is 17.1 Å². The molecule has 7 rings (SSSR count). The summed E-state index contributed by atoms with van der Waals surface area (Å²) < 4.78 is 2.08. The molecule has 1 aromatic heterocycles. The number of rotatable bonds is 6. The number of aromatic nitrogens is 3. The van der Waals surface area contributed by atoms with Crippen LogP contribution in [-0.4, -0.2) is 26.3 Å². The van der Waals surface area contributed by atoms with E-state index in [1.807, 2.05) is 30.3 Å². The second-order valence-electron chi connectivity index (χ2n) is 10.4. The van der Waals surface area contributed by atoms with Gasteiger partial charge in [-0.1, -0.05) is 35.5 Å². The van der Waals surface area contributed by atoms with Crippen molar-refractivity contribution in [3.63, 3.8) is 0 Å². The molecule has 4 saturated carbocycles. The lowest BCUT2D eigenvalue weighted by Crippen LogP contribution is -2.50. The molecule has 1 heterocycles. The van der Waals surface area contributed by atoms with Crippen molar-refractivity contribution in [2.45, 2.75) is 50.6 Å². The van der Waals surface area contributed by atoms with E-state index in [-0.39, 0.29) is 5.41 Å².